The Morgan fingerprint density at radius 3 is 2.75 bits per heavy atom. The van der Waals surface area contributed by atoms with Crippen LogP contribution in [0.3, 0.4) is 0 Å². The largest absolute Gasteiger partial charge is 0.488 e. The lowest BCUT2D eigenvalue weighted by molar-refractivity contribution is 0.0302. The average Bonchev–Trinajstić information content (AvgIpc) is 3.14. The van der Waals surface area contributed by atoms with Gasteiger partial charge in [0.25, 0.3) is 0 Å². The van der Waals surface area contributed by atoms with Gasteiger partial charge in [-0.2, -0.15) is 5.10 Å². The van der Waals surface area contributed by atoms with Crippen molar-refractivity contribution in [3.63, 3.8) is 0 Å². The molecule has 1 aliphatic carbocycles. The number of hydrogen-bond acceptors (Lipinski definition) is 6. The summed E-state index contributed by atoms with van der Waals surface area (Å²) >= 11 is 0. The quantitative estimate of drug-likeness (QED) is 0.752. The van der Waals surface area contributed by atoms with E-state index in [4.69, 9.17) is 9.47 Å². The standard InChI is InChI=1S/C21H23N5O2/c1-21(6-7-21)28-13-4-5-17-16(8-13)20(25-24-17)18-9-19(23-12-22-18)26-10-14-2-3-15(11-26)27-14/h4-5,8-9,12,14-15H,2-3,6-7,10-11H2,1H3,(H,24,25). The number of aromatic nitrogens is 4. The van der Waals surface area contributed by atoms with Crippen LogP contribution in [0.25, 0.3) is 22.3 Å². The number of nitrogens with zero attached hydrogens (tertiary/aromatic N) is 4. The Morgan fingerprint density at radius 1 is 1.14 bits per heavy atom. The summed E-state index contributed by atoms with van der Waals surface area (Å²) in [6.45, 7) is 3.94. The maximum absolute atomic E-state index is 6.13. The third kappa shape index (κ3) is 2.81. The van der Waals surface area contributed by atoms with E-state index in [1.54, 1.807) is 6.33 Å². The normalized spacial score (nSPS) is 25.2. The van der Waals surface area contributed by atoms with Gasteiger partial charge in [-0.15, -0.1) is 0 Å². The Hall–Kier alpha value is -2.67. The minimum absolute atomic E-state index is 0.00462. The molecule has 7 nitrogen and oxygen atoms in total. The molecule has 0 spiro atoms. The number of H-pyrrole nitrogens is 1. The van der Waals surface area contributed by atoms with Crippen LogP contribution in [0, 0.1) is 0 Å². The van der Waals surface area contributed by atoms with E-state index in [0.29, 0.717) is 12.2 Å². The summed E-state index contributed by atoms with van der Waals surface area (Å²) in [5.74, 6) is 1.83. The van der Waals surface area contributed by atoms with E-state index in [0.717, 1.165) is 72.6 Å². The monoisotopic (exact) mass is 377 g/mol. The van der Waals surface area contributed by atoms with Crippen LogP contribution in [0.1, 0.15) is 32.6 Å². The van der Waals surface area contributed by atoms with E-state index in [1.807, 2.05) is 18.2 Å². The zero-order valence-corrected chi connectivity index (χ0v) is 15.9. The minimum Gasteiger partial charge on any atom is -0.488 e. The van der Waals surface area contributed by atoms with Crippen molar-refractivity contribution in [1.82, 2.24) is 20.2 Å². The summed E-state index contributed by atoms with van der Waals surface area (Å²) in [4.78, 5) is 11.3. The van der Waals surface area contributed by atoms with E-state index in [2.05, 4.69) is 38.1 Å². The van der Waals surface area contributed by atoms with Crippen molar-refractivity contribution < 1.29 is 9.47 Å². The first kappa shape index (κ1) is 16.3. The molecule has 2 aromatic heterocycles. The van der Waals surface area contributed by atoms with Gasteiger partial charge in [-0.05, 0) is 50.8 Å². The summed E-state index contributed by atoms with van der Waals surface area (Å²) in [6, 6.07) is 8.13. The van der Waals surface area contributed by atoms with Crippen LogP contribution in [0.4, 0.5) is 5.82 Å². The van der Waals surface area contributed by atoms with Gasteiger partial charge in [-0.25, -0.2) is 9.97 Å². The fraction of sp³-hybridized carbons (Fsp3) is 0.476. The molecule has 2 aliphatic heterocycles. The summed E-state index contributed by atoms with van der Waals surface area (Å²) in [7, 11) is 0. The highest BCUT2D eigenvalue weighted by Gasteiger charge is 2.40. The summed E-state index contributed by atoms with van der Waals surface area (Å²) in [5.41, 5.74) is 2.63. The fourth-order valence-corrected chi connectivity index (χ4v) is 4.27. The Bertz CT molecular complexity index is 1030. The highest BCUT2D eigenvalue weighted by molar-refractivity contribution is 5.93. The lowest BCUT2D eigenvalue weighted by Gasteiger charge is -2.32. The van der Waals surface area contributed by atoms with Crippen molar-refractivity contribution in [2.45, 2.75) is 50.4 Å². The third-order valence-corrected chi connectivity index (χ3v) is 6.12. The van der Waals surface area contributed by atoms with Gasteiger partial charge < -0.3 is 14.4 Å². The van der Waals surface area contributed by atoms with E-state index in [9.17, 15) is 0 Å². The van der Waals surface area contributed by atoms with Crippen molar-refractivity contribution >= 4 is 16.7 Å². The van der Waals surface area contributed by atoms with Gasteiger partial charge in [-0.1, -0.05) is 0 Å². The molecule has 2 saturated heterocycles. The predicted molar refractivity (Wildman–Crippen MR) is 105 cm³/mol. The smallest absolute Gasteiger partial charge is 0.132 e. The number of aromatic amines is 1. The van der Waals surface area contributed by atoms with Crippen LogP contribution < -0.4 is 9.64 Å². The Morgan fingerprint density at radius 2 is 1.96 bits per heavy atom. The van der Waals surface area contributed by atoms with Crippen LogP contribution in [0.15, 0.2) is 30.6 Å². The molecule has 3 aliphatic rings. The Kier molecular flexibility index (Phi) is 3.44. The van der Waals surface area contributed by atoms with Gasteiger partial charge in [0.1, 0.15) is 29.2 Å². The van der Waals surface area contributed by atoms with Crippen LogP contribution in [-0.2, 0) is 4.74 Å². The van der Waals surface area contributed by atoms with Crippen LogP contribution in [0.2, 0.25) is 0 Å². The van der Waals surface area contributed by atoms with E-state index in [-0.39, 0.29) is 5.60 Å². The minimum atomic E-state index is -0.00462. The molecule has 1 N–H and O–H groups in total. The number of ether oxygens (including phenoxy) is 2. The van der Waals surface area contributed by atoms with Gasteiger partial charge in [0.2, 0.25) is 0 Å². The van der Waals surface area contributed by atoms with E-state index >= 15 is 0 Å². The maximum atomic E-state index is 6.13. The van der Waals surface area contributed by atoms with Gasteiger partial charge in [0.05, 0.1) is 23.4 Å². The highest BCUT2D eigenvalue weighted by Crippen LogP contribution is 2.40. The van der Waals surface area contributed by atoms with Crippen LogP contribution >= 0.6 is 0 Å². The molecule has 2 atom stereocenters. The van der Waals surface area contributed by atoms with E-state index < -0.39 is 0 Å². The van der Waals surface area contributed by atoms with Gasteiger partial charge in [0.15, 0.2) is 0 Å². The van der Waals surface area contributed by atoms with Crippen LogP contribution in [-0.4, -0.2) is 51.1 Å². The lowest BCUT2D eigenvalue weighted by atomic mass is 10.1. The van der Waals surface area contributed by atoms with Gasteiger partial charge >= 0.3 is 0 Å². The first-order chi connectivity index (χ1) is 13.7. The molecule has 6 rings (SSSR count). The molecule has 1 aromatic carbocycles. The molecular weight excluding hydrogens is 354 g/mol. The molecule has 0 amide bonds. The number of anilines is 1. The zero-order valence-electron chi connectivity index (χ0n) is 15.9. The molecule has 3 aromatic rings. The second-order valence-corrected chi connectivity index (χ2v) is 8.46. The molecular formula is C21H23N5O2. The molecule has 7 heteroatoms. The summed E-state index contributed by atoms with van der Waals surface area (Å²) in [5, 5.41) is 8.67. The molecule has 28 heavy (non-hydrogen) atoms. The van der Waals surface area contributed by atoms with Crippen molar-refractivity contribution in [2.75, 3.05) is 18.0 Å². The van der Waals surface area contributed by atoms with Crippen molar-refractivity contribution in [3.8, 4) is 17.1 Å². The second-order valence-electron chi connectivity index (χ2n) is 8.46. The average molecular weight is 377 g/mol. The molecule has 144 valence electrons. The first-order valence-corrected chi connectivity index (χ1v) is 10.1. The molecule has 2 bridgehead atoms. The van der Waals surface area contributed by atoms with Gasteiger partial charge in [-0.3, -0.25) is 5.10 Å². The lowest BCUT2D eigenvalue weighted by Crippen LogP contribution is -2.43. The van der Waals surface area contributed by atoms with Crippen LogP contribution in [0.5, 0.6) is 5.75 Å². The zero-order chi connectivity index (χ0) is 18.7. The highest BCUT2D eigenvalue weighted by atomic mass is 16.5. The fourth-order valence-electron chi connectivity index (χ4n) is 4.27. The molecule has 4 heterocycles. The van der Waals surface area contributed by atoms with Crippen molar-refractivity contribution in [2.24, 2.45) is 0 Å². The second kappa shape index (κ2) is 5.91. The number of fused-ring (bicyclic) bond motifs is 3. The molecule has 3 fully saturated rings. The van der Waals surface area contributed by atoms with Gasteiger partial charge in [0, 0.05) is 24.5 Å². The molecule has 0 radical (unpaired) electrons. The Balaban J connectivity index is 1.34. The number of nitrogens with one attached hydrogen (secondary N) is 1. The van der Waals surface area contributed by atoms with E-state index in [1.165, 1.54) is 0 Å². The third-order valence-electron chi connectivity index (χ3n) is 6.12. The molecule has 1 saturated carbocycles. The number of hydrogen-bond donors (Lipinski definition) is 1. The number of rotatable bonds is 4. The number of morpholine rings is 1. The SMILES string of the molecule is CC1(Oc2ccc3[nH]nc(-c4cc(N5CC6CCC(C5)O6)ncn4)c3c2)CC1. The van der Waals surface area contributed by atoms with Crippen molar-refractivity contribution in [1.29, 1.82) is 0 Å². The predicted octanol–water partition coefficient (Wildman–Crippen LogP) is 3.32. The van der Waals surface area contributed by atoms with Crippen molar-refractivity contribution in [3.05, 3.63) is 30.6 Å². The molecule has 2 unspecified atom stereocenters. The maximum Gasteiger partial charge on any atom is 0.132 e. The number of benzene rings is 1. The summed E-state index contributed by atoms with van der Waals surface area (Å²) < 4.78 is 12.1. The first-order valence-electron chi connectivity index (χ1n) is 10.1. The summed E-state index contributed by atoms with van der Waals surface area (Å²) in [6.07, 6.45) is 6.79. The Labute approximate surface area is 163 Å². The topological polar surface area (TPSA) is 76.2 Å².